The molecule has 1 saturated carbocycles. The molecule has 0 aromatic heterocycles. The molecule has 2 rings (SSSR count). The molecular weight excluding hydrogens is 240 g/mol. The highest BCUT2D eigenvalue weighted by atomic mass is 32.2. The molecule has 6 heteroatoms. The lowest BCUT2D eigenvalue weighted by Gasteiger charge is -2.19. The molecule has 0 spiro atoms. The molecule has 1 aliphatic heterocycles. The molecular formula is C11H18N2O3S. The summed E-state index contributed by atoms with van der Waals surface area (Å²) in [6.07, 6.45) is 4.95. The molecule has 0 aromatic rings. The lowest BCUT2D eigenvalue weighted by Crippen LogP contribution is -2.42. The van der Waals surface area contributed by atoms with Gasteiger partial charge in [-0.05, 0) is 25.5 Å². The Bertz CT molecular complexity index is 331. The van der Waals surface area contributed by atoms with Crippen LogP contribution in [0.4, 0.5) is 4.79 Å². The number of likely N-dealkylation sites (tertiary alicyclic amines) is 1. The first-order valence-corrected chi connectivity index (χ1v) is 7.09. The van der Waals surface area contributed by atoms with Crippen LogP contribution in [0, 0.1) is 5.92 Å². The zero-order valence-corrected chi connectivity index (χ0v) is 10.8. The first kappa shape index (κ1) is 12.5. The summed E-state index contributed by atoms with van der Waals surface area (Å²) in [5, 5.41) is 11.8. The molecule has 0 radical (unpaired) electrons. The number of nitrogens with zero attached hydrogens (tertiary/aromatic N) is 1. The molecule has 96 valence electrons. The molecule has 2 fully saturated rings. The number of thioether (sulfide) groups is 1. The van der Waals surface area contributed by atoms with E-state index >= 15 is 0 Å². The van der Waals surface area contributed by atoms with E-state index in [0.717, 1.165) is 12.8 Å². The molecule has 2 aliphatic rings. The lowest BCUT2D eigenvalue weighted by atomic mass is 10.1. The molecule has 17 heavy (non-hydrogen) atoms. The van der Waals surface area contributed by atoms with Crippen molar-refractivity contribution >= 4 is 23.8 Å². The van der Waals surface area contributed by atoms with Crippen molar-refractivity contribution in [2.75, 3.05) is 25.9 Å². The average molecular weight is 258 g/mol. The minimum Gasteiger partial charge on any atom is -0.481 e. The molecule has 5 nitrogen and oxygen atoms in total. The number of amides is 2. The van der Waals surface area contributed by atoms with Gasteiger partial charge in [-0.25, -0.2) is 4.79 Å². The SMILES string of the molecule is CSC1(CNC(=O)N2CCC(C(=O)O)C2)CC1. The first-order chi connectivity index (χ1) is 8.06. The molecule has 2 N–H and O–H groups in total. The highest BCUT2D eigenvalue weighted by Crippen LogP contribution is 2.46. The van der Waals surface area contributed by atoms with Crippen LogP contribution in [0.15, 0.2) is 0 Å². The summed E-state index contributed by atoms with van der Waals surface area (Å²) in [5.41, 5.74) is 0. The fourth-order valence-corrected chi connectivity index (χ4v) is 2.81. The molecule has 1 atom stereocenters. The van der Waals surface area contributed by atoms with Crippen LogP contribution < -0.4 is 5.32 Å². The van der Waals surface area contributed by atoms with Crippen LogP contribution in [-0.4, -0.2) is 52.6 Å². The molecule has 1 saturated heterocycles. The zero-order valence-electron chi connectivity index (χ0n) is 9.94. The second-order valence-electron chi connectivity index (χ2n) is 4.82. The summed E-state index contributed by atoms with van der Waals surface area (Å²) in [5.74, 6) is -1.20. The van der Waals surface area contributed by atoms with Crippen LogP contribution in [0.1, 0.15) is 19.3 Å². The van der Waals surface area contributed by atoms with Gasteiger partial charge in [0.2, 0.25) is 0 Å². The van der Waals surface area contributed by atoms with Crippen molar-refractivity contribution in [2.45, 2.75) is 24.0 Å². The third-order valence-electron chi connectivity index (χ3n) is 3.63. The van der Waals surface area contributed by atoms with E-state index in [4.69, 9.17) is 5.11 Å². The highest BCUT2D eigenvalue weighted by Gasteiger charge is 2.42. The van der Waals surface area contributed by atoms with E-state index in [1.54, 1.807) is 16.7 Å². The third kappa shape index (κ3) is 2.86. The summed E-state index contributed by atoms with van der Waals surface area (Å²) in [4.78, 5) is 24.2. The molecule has 1 unspecified atom stereocenters. The second-order valence-corrected chi connectivity index (χ2v) is 6.09. The van der Waals surface area contributed by atoms with Crippen LogP contribution in [0.25, 0.3) is 0 Å². The number of rotatable bonds is 4. The van der Waals surface area contributed by atoms with Gasteiger partial charge in [0.05, 0.1) is 5.92 Å². The van der Waals surface area contributed by atoms with E-state index in [-0.39, 0.29) is 10.8 Å². The Hall–Kier alpha value is -0.910. The van der Waals surface area contributed by atoms with E-state index in [2.05, 4.69) is 11.6 Å². The van der Waals surface area contributed by atoms with Crippen LogP contribution in [0.3, 0.4) is 0 Å². The van der Waals surface area contributed by atoms with Crippen molar-refractivity contribution in [3.63, 3.8) is 0 Å². The van der Waals surface area contributed by atoms with Gasteiger partial charge in [0.1, 0.15) is 0 Å². The topological polar surface area (TPSA) is 69.6 Å². The summed E-state index contributed by atoms with van der Waals surface area (Å²) in [6.45, 7) is 1.59. The number of carboxylic acids is 1. The van der Waals surface area contributed by atoms with E-state index in [1.165, 1.54) is 0 Å². The predicted molar refractivity (Wildman–Crippen MR) is 66.2 cm³/mol. The van der Waals surface area contributed by atoms with E-state index in [1.807, 2.05) is 0 Å². The standard InChI is InChI=1S/C11H18N2O3S/c1-17-11(3-4-11)7-12-10(16)13-5-2-8(6-13)9(14)15/h8H,2-7H2,1H3,(H,12,16)(H,14,15). The van der Waals surface area contributed by atoms with Crippen molar-refractivity contribution in [1.82, 2.24) is 10.2 Å². The molecule has 0 aromatic carbocycles. The number of hydrogen-bond acceptors (Lipinski definition) is 3. The number of carbonyl (C=O) groups is 2. The average Bonchev–Trinajstić information content (AvgIpc) is 2.92. The van der Waals surface area contributed by atoms with Crippen molar-refractivity contribution in [1.29, 1.82) is 0 Å². The number of urea groups is 1. The van der Waals surface area contributed by atoms with Gasteiger partial charge in [-0.1, -0.05) is 0 Å². The smallest absolute Gasteiger partial charge is 0.317 e. The Morgan fingerprint density at radius 3 is 2.71 bits per heavy atom. The molecule has 0 bridgehead atoms. The highest BCUT2D eigenvalue weighted by molar-refractivity contribution is 8.00. The number of hydrogen-bond donors (Lipinski definition) is 2. The predicted octanol–water partition coefficient (Wildman–Crippen LogP) is 0.998. The zero-order chi connectivity index (χ0) is 12.5. The van der Waals surface area contributed by atoms with Gasteiger partial charge in [-0.15, -0.1) is 0 Å². The van der Waals surface area contributed by atoms with Gasteiger partial charge in [0.25, 0.3) is 0 Å². The van der Waals surface area contributed by atoms with E-state index < -0.39 is 11.9 Å². The van der Waals surface area contributed by atoms with Crippen LogP contribution in [0.5, 0.6) is 0 Å². The fraction of sp³-hybridized carbons (Fsp3) is 0.818. The maximum Gasteiger partial charge on any atom is 0.317 e. The van der Waals surface area contributed by atoms with Gasteiger partial charge in [-0.2, -0.15) is 11.8 Å². The van der Waals surface area contributed by atoms with Crippen molar-refractivity contribution < 1.29 is 14.7 Å². The molecule has 2 amide bonds. The molecule has 1 heterocycles. The van der Waals surface area contributed by atoms with Crippen LogP contribution in [-0.2, 0) is 4.79 Å². The summed E-state index contributed by atoms with van der Waals surface area (Å²) >= 11 is 1.80. The van der Waals surface area contributed by atoms with Gasteiger partial charge < -0.3 is 15.3 Å². The van der Waals surface area contributed by atoms with Gasteiger partial charge >= 0.3 is 12.0 Å². The maximum absolute atomic E-state index is 11.8. The number of carbonyl (C=O) groups excluding carboxylic acids is 1. The second kappa shape index (κ2) is 4.76. The van der Waals surface area contributed by atoms with Crippen molar-refractivity contribution in [3.8, 4) is 0 Å². The Morgan fingerprint density at radius 1 is 1.53 bits per heavy atom. The van der Waals surface area contributed by atoms with Crippen LogP contribution in [0.2, 0.25) is 0 Å². The molecule has 1 aliphatic carbocycles. The number of aliphatic carboxylic acids is 1. The largest absolute Gasteiger partial charge is 0.481 e. The Morgan fingerprint density at radius 2 is 2.24 bits per heavy atom. The normalized spacial score (nSPS) is 25.7. The van der Waals surface area contributed by atoms with Gasteiger partial charge in [0.15, 0.2) is 0 Å². The summed E-state index contributed by atoms with van der Waals surface area (Å²) in [7, 11) is 0. The minimum atomic E-state index is -0.803. The minimum absolute atomic E-state index is 0.117. The Balaban J connectivity index is 1.76. The first-order valence-electron chi connectivity index (χ1n) is 5.87. The summed E-state index contributed by atoms with van der Waals surface area (Å²) < 4.78 is 0.252. The van der Waals surface area contributed by atoms with E-state index in [0.29, 0.717) is 26.1 Å². The third-order valence-corrected chi connectivity index (χ3v) is 5.05. The van der Waals surface area contributed by atoms with Crippen molar-refractivity contribution in [3.05, 3.63) is 0 Å². The maximum atomic E-state index is 11.8. The van der Waals surface area contributed by atoms with Gasteiger partial charge in [-0.3, -0.25) is 4.79 Å². The number of nitrogens with one attached hydrogen (secondary N) is 1. The van der Waals surface area contributed by atoms with E-state index in [9.17, 15) is 9.59 Å². The van der Waals surface area contributed by atoms with Crippen LogP contribution >= 0.6 is 11.8 Å². The van der Waals surface area contributed by atoms with Crippen molar-refractivity contribution in [2.24, 2.45) is 5.92 Å². The summed E-state index contributed by atoms with van der Waals surface area (Å²) in [6, 6.07) is -0.117. The Labute approximate surface area is 105 Å². The Kier molecular flexibility index (Phi) is 3.51. The van der Waals surface area contributed by atoms with Gasteiger partial charge in [0, 0.05) is 24.4 Å². The quantitative estimate of drug-likeness (QED) is 0.789. The number of carboxylic acid groups (broad SMARTS) is 1. The fourth-order valence-electron chi connectivity index (χ4n) is 2.09. The monoisotopic (exact) mass is 258 g/mol. The lowest BCUT2D eigenvalue weighted by molar-refractivity contribution is -0.141.